The molecule has 1 unspecified atom stereocenters. The summed E-state index contributed by atoms with van der Waals surface area (Å²) in [6.45, 7) is 1.66. The highest BCUT2D eigenvalue weighted by atomic mass is 19.1. The molecule has 1 fully saturated rings. The first-order chi connectivity index (χ1) is 9.60. The maximum atomic E-state index is 13.3. The van der Waals surface area contributed by atoms with E-state index in [2.05, 4.69) is 17.2 Å². The molecular formula is C16H18FNO2. The Bertz CT molecular complexity index is 555. The average Bonchev–Trinajstić information content (AvgIpc) is 3.20. The van der Waals surface area contributed by atoms with Crippen LogP contribution in [0.2, 0.25) is 0 Å². The predicted octanol–water partition coefficient (Wildman–Crippen LogP) is 2.09. The summed E-state index contributed by atoms with van der Waals surface area (Å²) >= 11 is 0. The standard InChI is InChI=1S/C16H18FNO2/c1-11(9-12-4-5-12)18-16(20)15-10-14(17)7-6-13(15)3-2-8-19/h6-7,10-12,19H,4-5,8-9H2,1H3,(H,18,20). The van der Waals surface area contributed by atoms with Gasteiger partial charge in [-0.3, -0.25) is 4.79 Å². The van der Waals surface area contributed by atoms with Crippen molar-refractivity contribution < 1.29 is 14.3 Å². The van der Waals surface area contributed by atoms with E-state index in [9.17, 15) is 9.18 Å². The molecule has 1 aliphatic rings. The first-order valence-electron chi connectivity index (χ1n) is 6.80. The first-order valence-corrected chi connectivity index (χ1v) is 6.80. The van der Waals surface area contributed by atoms with E-state index < -0.39 is 5.82 Å². The van der Waals surface area contributed by atoms with E-state index in [0.717, 1.165) is 6.42 Å². The van der Waals surface area contributed by atoms with E-state index in [1.165, 1.54) is 31.0 Å². The SMILES string of the molecule is CC(CC1CC1)NC(=O)c1cc(F)ccc1C#CCO. The number of nitrogens with one attached hydrogen (secondary N) is 1. The smallest absolute Gasteiger partial charge is 0.252 e. The Labute approximate surface area is 118 Å². The minimum Gasteiger partial charge on any atom is -0.384 e. The highest BCUT2D eigenvalue weighted by Crippen LogP contribution is 2.33. The number of aliphatic hydroxyl groups excluding tert-OH is 1. The number of aliphatic hydroxyl groups is 1. The van der Waals surface area contributed by atoms with Crippen LogP contribution in [0.25, 0.3) is 0 Å². The molecule has 0 aliphatic heterocycles. The van der Waals surface area contributed by atoms with Gasteiger partial charge in [0.2, 0.25) is 0 Å². The van der Waals surface area contributed by atoms with Crippen LogP contribution in [0.4, 0.5) is 4.39 Å². The number of hydrogen-bond donors (Lipinski definition) is 2. The molecule has 3 nitrogen and oxygen atoms in total. The van der Waals surface area contributed by atoms with Crippen molar-refractivity contribution in [2.45, 2.75) is 32.2 Å². The Hall–Kier alpha value is -1.86. The lowest BCUT2D eigenvalue weighted by atomic mass is 10.1. The second kappa shape index (κ2) is 6.53. The first kappa shape index (κ1) is 14.5. The summed E-state index contributed by atoms with van der Waals surface area (Å²) in [7, 11) is 0. The molecule has 0 heterocycles. The van der Waals surface area contributed by atoms with Crippen molar-refractivity contribution in [1.29, 1.82) is 0 Å². The monoisotopic (exact) mass is 275 g/mol. The van der Waals surface area contributed by atoms with Crippen LogP contribution in [0, 0.1) is 23.6 Å². The van der Waals surface area contributed by atoms with Crippen molar-refractivity contribution in [1.82, 2.24) is 5.32 Å². The second-order valence-electron chi connectivity index (χ2n) is 5.20. The molecule has 1 aromatic rings. The van der Waals surface area contributed by atoms with E-state index in [1.807, 2.05) is 6.92 Å². The maximum absolute atomic E-state index is 13.3. The lowest BCUT2D eigenvalue weighted by Gasteiger charge is -2.14. The fourth-order valence-corrected chi connectivity index (χ4v) is 2.16. The summed E-state index contributed by atoms with van der Waals surface area (Å²) in [5.41, 5.74) is 0.644. The fraction of sp³-hybridized carbons (Fsp3) is 0.438. The highest BCUT2D eigenvalue weighted by Gasteiger charge is 2.24. The summed E-state index contributed by atoms with van der Waals surface area (Å²) < 4.78 is 13.3. The van der Waals surface area contributed by atoms with E-state index in [-0.39, 0.29) is 24.1 Å². The lowest BCUT2D eigenvalue weighted by Crippen LogP contribution is -2.33. The van der Waals surface area contributed by atoms with Crippen molar-refractivity contribution in [3.63, 3.8) is 0 Å². The summed E-state index contributed by atoms with van der Waals surface area (Å²) in [6, 6.07) is 3.96. The molecule has 4 heteroatoms. The third-order valence-corrected chi connectivity index (χ3v) is 3.29. The fourth-order valence-electron chi connectivity index (χ4n) is 2.16. The predicted molar refractivity (Wildman–Crippen MR) is 74.6 cm³/mol. The molecule has 1 aromatic carbocycles. The summed E-state index contributed by atoms with van der Waals surface area (Å²) in [6.07, 6.45) is 3.42. The van der Waals surface area contributed by atoms with Gasteiger partial charge in [0.1, 0.15) is 12.4 Å². The second-order valence-corrected chi connectivity index (χ2v) is 5.20. The van der Waals surface area contributed by atoms with Gasteiger partial charge in [0, 0.05) is 11.6 Å². The maximum Gasteiger partial charge on any atom is 0.252 e. The van der Waals surface area contributed by atoms with Crippen LogP contribution < -0.4 is 5.32 Å². The molecule has 106 valence electrons. The molecule has 0 radical (unpaired) electrons. The summed E-state index contributed by atoms with van der Waals surface area (Å²) in [4.78, 5) is 12.2. The van der Waals surface area contributed by atoms with Gasteiger partial charge in [-0.2, -0.15) is 0 Å². The minimum atomic E-state index is -0.473. The molecule has 1 aliphatic carbocycles. The largest absolute Gasteiger partial charge is 0.384 e. The zero-order valence-corrected chi connectivity index (χ0v) is 11.4. The average molecular weight is 275 g/mol. The van der Waals surface area contributed by atoms with Crippen LogP contribution in [-0.4, -0.2) is 23.7 Å². The Morgan fingerprint density at radius 2 is 2.30 bits per heavy atom. The Morgan fingerprint density at radius 1 is 1.55 bits per heavy atom. The van der Waals surface area contributed by atoms with Gasteiger partial charge >= 0.3 is 0 Å². The van der Waals surface area contributed by atoms with E-state index >= 15 is 0 Å². The van der Waals surface area contributed by atoms with Crippen molar-refractivity contribution in [2.24, 2.45) is 5.92 Å². The third-order valence-electron chi connectivity index (χ3n) is 3.29. The number of carbonyl (C=O) groups excluding carboxylic acids is 1. The Kier molecular flexibility index (Phi) is 4.75. The van der Waals surface area contributed by atoms with Crippen LogP contribution in [0.5, 0.6) is 0 Å². The van der Waals surface area contributed by atoms with Gasteiger partial charge in [0.05, 0.1) is 5.56 Å². The number of carbonyl (C=O) groups is 1. The zero-order valence-electron chi connectivity index (χ0n) is 11.4. The molecule has 2 rings (SSSR count). The molecule has 1 amide bonds. The van der Waals surface area contributed by atoms with E-state index in [4.69, 9.17) is 5.11 Å². The van der Waals surface area contributed by atoms with Crippen LogP contribution in [0.1, 0.15) is 42.1 Å². The topological polar surface area (TPSA) is 49.3 Å². The highest BCUT2D eigenvalue weighted by molar-refractivity contribution is 5.96. The molecule has 0 saturated heterocycles. The number of halogens is 1. The van der Waals surface area contributed by atoms with Crippen LogP contribution in [-0.2, 0) is 0 Å². The van der Waals surface area contributed by atoms with Crippen molar-refractivity contribution in [2.75, 3.05) is 6.61 Å². The lowest BCUT2D eigenvalue weighted by molar-refractivity contribution is 0.0936. The third kappa shape index (κ3) is 4.07. The van der Waals surface area contributed by atoms with Gasteiger partial charge in [0.25, 0.3) is 5.91 Å². The van der Waals surface area contributed by atoms with Crippen molar-refractivity contribution >= 4 is 5.91 Å². The molecule has 2 N–H and O–H groups in total. The van der Waals surface area contributed by atoms with Gasteiger partial charge in [-0.15, -0.1) is 0 Å². The quantitative estimate of drug-likeness (QED) is 0.827. The molecule has 1 atom stereocenters. The Morgan fingerprint density at radius 3 is 2.95 bits per heavy atom. The van der Waals surface area contributed by atoms with Crippen LogP contribution >= 0.6 is 0 Å². The molecular weight excluding hydrogens is 257 g/mol. The van der Waals surface area contributed by atoms with Gasteiger partial charge in [0.15, 0.2) is 0 Å². The molecule has 0 spiro atoms. The number of benzene rings is 1. The van der Waals surface area contributed by atoms with Gasteiger partial charge in [-0.1, -0.05) is 24.7 Å². The van der Waals surface area contributed by atoms with Gasteiger partial charge in [-0.05, 0) is 37.5 Å². The molecule has 1 saturated carbocycles. The summed E-state index contributed by atoms with van der Waals surface area (Å²) in [5.74, 6) is 5.07. The van der Waals surface area contributed by atoms with Gasteiger partial charge < -0.3 is 10.4 Å². The normalized spacial score (nSPS) is 15.2. The zero-order chi connectivity index (χ0) is 14.5. The molecule has 0 bridgehead atoms. The van der Waals surface area contributed by atoms with Gasteiger partial charge in [-0.25, -0.2) is 4.39 Å². The molecule has 0 aromatic heterocycles. The number of hydrogen-bond acceptors (Lipinski definition) is 2. The molecule has 20 heavy (non-hydrogen) atoms. The van der Waals surface area contributed by atoms with E-state index in [1.54, 1.807) is 0 Å². The Balaban J connectivity index is 2.12. The van der Waals surface area contributed by atoms with E-state index in [0.29, 0.717) is 11.5 Å². The minimum absolute atomic E-state index is 0.0666. The van der Waals surface area contributed by atoms with Crippen LogP contribution in [0.15, 0.2) is 18.2 Å². The number of amides is 1. The van der Waals surface area contributed by atoms with Crippen molar-refractivity contribution in [3.05, 3.63) is 35.1 Å². The summed E-state index contributed by atoms with van der Waals surface area (Å²) in [5, 5.41) is 11.6. The van der Waals surface area contributed by atoms with Crippen LogP contribution in [0.3, 0.4) is 0 Å². The van der Waals surface area contributed by atoms with Crippen molar-refractivity contribution in [3.8, 4) is 11.8 Å². The number of rotatable bonds is 4.